The van der Waals surface area contributed by atoms with E-state index in [1.165, 1.54) is 17.5 Å². The summed E-state index contributed by atoms with van der Waals surface area (Å²) in [6.45, 7) is 5.89. The van der Waals surface area contributed by atoms with E-state index >= 15 is 0 Å². The highest BCUT2D eigenvalue weighted by Crippen LogP contribution is 2.55. The zero-order chi connectivity index (χ0) is 14.3. The van der Waals surface area contributed by atoms with Crippen LogP contribution in [0.2, 0.25) is 5.02 Å². The maximum absolute atomic E-state index is 6.62. The second-order valence-electron chi connectivity index (χ2n) is 5.48. The molecule has 1 aliphatic carbocycles. The van der Waals surface area contributed by atoms with Gasteiger partial charge in [-0.05, 0) is 36.6 Å². The Kier molecular flexibility index (Phi) is 3.25. The van der Waals surface area contributed by atoms with Gasteiger partial charge in [-0.3, -0.25) is 4.99 Å². The number of hydrogen-bond donors (Lipinski definition) is 2. The van der Waals surface area contributed by atoms with Gasteiger partial charge in [0.1, 0.15) is 5.84 Å². The van der Waals surface area contributed by atoms with Crippen LogP contribution in [-0.2, 0) is 11.8 Å². The Morgan fingerprint density at radius 1 is 1.55 bits per heavy atom. The van der Waals surface area contributed by atoms with E-state index in [2.05, 4.69) is 35.2 Å². The van der Waals surface area contributed by atoms with Crippen molar-refractivity contribution in [3.8, 4) is 0 Å². The monoisotopic (exact) mass is 289 g/mol. The molecule has 4 heteroatoms. The second kappa shape index (κ2) is 4.81. The number of amidine groups is 1. The highest BCUT2D eigenvalue weighted by Gasteiger charge is 2.50. The number of hydrogen-bond acceptors (Lipinski definition) is 2. The summed E-state index contributed by atoms with van der Waals surface area (Å²) in [5, 5.41) is 7.37. The maximum atomic E-state index is 6.62. The lowest BCUT2D eigenvalue weighted by Crippen LogP contribution is -2.41. The van der Waals surface area contributed by atoms with E-state index in [1.54, 1.807) is 6.20 Å². The van der Waals surface area contributed by atoms with Crippen LogP contribution in [0, 0.1) is 0 Å². The molecule has 2 N–H and O–H groups in total. The van der Waals surface area contributed by atoms with Gasteiger partial charge < -0.3 is 10.6 Å². The zero-order valence-corrected chi connectivity index (χ0v) is 12.8. The van der Waals surface area contributed by atoms with Gasteiger partial charge in [0.2, 0.25) is 0 Å². The summed E-state index contributed by atoms with van der Waals surface area (Å²) in [5.74, 6) is 1.07. The van der Waals surface area contributed by atoms with Gasteiger partial charge in [-0.2, -0.15) is 0 Å². The van der Waals surface area contributed by atoms with Crippen LogP contribution >= 0.6 is 11.6 Å². The van der Waals surface area contributed by atoms with Crippen molar-refractivity contribution in [1.29, 1.82) is 0 Å². The maximum Gasteiger partial charge on any atom is 0.111 e. The molecule has 0 bridgehead atoms. The van der Waals surface area contributed by atoms with E-state index < -0.39 is 0 Å². The summed E-state index contributed by atoms with van der Waals surface area (Å²) >= 11 is 6.62. The molecule has 1 aromatic carbocycles. The molecule has 1 aliphatic heterocycles. The highest BCUT2D eigenvalue weighted by molar-refractivity contribution is 6.38. The average molecular weight is 290 g/mol. The Morgan fingerprint density at radius 2 is 2.30 bits per heavy atom. The van der Waals surface area contributed by atoms with Gasteiger partial charge >= 0.3 is 0 Å². The standard InChI is InChI=1S/C16H20ClN3/c1-4-10-9-11-14(12(17)13(10)19-5-2)20-15(18-3)16(11)7-6-8-16/h5,9,19H,2,4,6-8H2,1,3H3,(H,18,20). The van der Waals surface area contributed by atoms with Crippen molar-refractivity contribution in [2.24, 2.45) is 4.99 Å². The molecule has 3 rings (SSSR count). The van der Waals surface area contributed by atoms with Crippen LogP contribution in [0.15, 0.2) is 23.8 Å². The first kappa shape index (κ1) is 13.5. The topological polar surface area (TPSA) is 36.4 Å². The molecule has 0 aromatic heterocycles. The fourth-order valence-electron chi connectivity index (χ4n) is 3.41. The molecule has 3 nitrogen and oxygen atoms in total. The smallest absolute Gasteiger partial charge is 0.111 e. The summed E-state index contributed by atoms with van der Waals surface area (Å²) in [4.78, 5) is 4.46. The van der Waals surface area contributed by atoms with Crippen LogP contribution in [0.5, 0.6) is 0 Å². The van der Waals surface area contributed by atoms with Gasteiger partial charge in [0.15, 0.2) is 0 Å². The SMILES string of the molecule is C=CNc1c(CC)cc2c(c1Cl)NC(=NC)C21CCC1. The number of fused-ring (bicyclic) bond motifs is 2. The third kappa shape index (κ3) is 1.62. The molecular weight excluding hydrogens is 270 g/mol. The molecule has 0 unspecified atom stereocenters. The molecule has 0 amide bonds. The van der Waals surface area contributed by atoms with Gasteiger partial charge in [-0.1, -0.05) is 37.6 Å². The lowest BCUT2D eigenvalue weighted by atomic mass is 9.64. The minimum atomic E-state index is 0.0877. The van der Waals surface area contributed by atoms with Crippen LogP contribution < -0.4 is 10.6 Å². The summed E-state index contributed by atoms with van der Waals surface area (Å²) in [6, 6.07) is 2.29. The van der Waals surface area contributed by atoms with E-state index in [-0.39, 0.29) is 5.41 Å². The first-order valence-electron chi connectivity index (χ1n) is 7.15. The predicted molar refractivity (Wildman–Crippen MR) is 87.2 cm³/mol. The van der Waals surface area contributed by atoms with E-state index in [4.69, 9.17) is 11.6 Å². The van der Waals surface area contributed by atoms with E-state index in [0.29, 0.717) is 0 Å². The molecule has 1 spiro atoms. The molecule has 0 radical (unpaired) electrons. The van der Waals surface area contributed by atoms with E-state index in [9.17, 15) is 0 Å². The van der Waals surface area contributed by atoms with Crippen molar-refractivity contribution in [1.82, 2.24) is 0 Å². The van der Waals surface area contributed by atoms with Crippen molar-refractivity contribution in [3.05, 3.63) is 35.0 Å². The van der Waals surface area contributed by atoms with Crippen LogP contribution in [-0.4, -0.2) is 12.9 Å². The van der Waals surface area contributed by atoms with Crippen LogP contribution in [0.3, 0.4) is 0 Å². The molecular formula is C16H20ClN3. The molecule has 0 saturated heterocycles. The Morgan fingerprint density at radius 3 is 2.80 bits per heavy atom. The summed E-state index contributed by atoms with van der Waals surface area (Å²) < 4.78 is 0. The van der Waals surface area contributed by atoms with E-state index in [1.807, 2.05) is 7.05 Å². The Balaban J connectivity index is 2.21. The lowest BCUT2D eigenvalue weighted by molar-refractivity contribution is 0.347. The lowest BCUT2D eigenvalue weighted by Gasteiger charge is -2.38. The van der Waals surface area contributed by atoms with Crippen molar-refractivity contribution < 1.29 is 0 Å². The fourth-order valence-corrected chi connectivity index (χ4v) is 3.74. The summed E-state index contributed by atoms with van der Waals surface area (Å²) in [5.41, 5.74) is 4.63. The normalized spacial score (nSPS) is 20.4. The molecule has 1 fully saturated rings. The molecule has 106 valence electrons. The van der Waals surface area contributed by atoms with Gasteiger partial charge in [0.25, 0.3) is 0 Å². The Hall–Kier alpha value is -1.48. The first-order chi connectivity index (χ1) is 9.67. The van der Waals surface area contributed by atoms with Gasteiger partial charge in [-0.25, -0.2) is 0 Å². The number of aryl methyl sites for hydroxylation is 1. The fraction of sp³-hybridized carbons (Fsp3) is 0.438. The van der Waals surface area contributed by atoms with Crippen molar-refractivity contribution in [3.63, 3.8) is 0 Å². The first-order valence-corrected chi connectivity index (χ1v) is 7.53. The van der Waals surface area contributed by atoms with Crippen molar-refractivity contribution in [2.75, 3.05) is 17.7 Å². The van der Waals surface area contributed by atoms with Crippen LogP contribution in [0.1, 0.15) is 37.3 Å². The largest absolute Gasteiger partial charge is 0.361 e. The van der Waals surface area contributed by atoms with Crippen molar-refractivity contribution >= 4 is 28.8 Å². The number of benzene rings is 1. The number of aliphatic imine (C=N–C) groups is 1. The molecule has 0 atom stereocenters. The average Bonchev–Trinajstić information content (AvgIpc) is 2.76. The number of anilines is 2. The summed E-state index contributed by atoms with van der Waals surface area (Å²) in [6.07, 6.45) is 6.19. The quantitative estimate of drug-likeness (QED) is 0.869. The number of halogens is 1. The minimum absolute atomic E-state index is 0.0877. The second-order valence-corrected chi connectivity index (χ2v) is 5.86. The van der Waals surface area contributed by atoms with Gasteiger partial charge in [-0.15, -0.1) is 0 Å². The Labute approximate surface area is 125 Å². The molecule has 20 heavy (non-hydrogen) atoms. The van der Waals surface area contributed by atoms with Gasteiger partial charge in [0.05, 0.1) is 21.8 Å². The third-order valence-electron chi connectivity index (χ3n) is 4.62. The number of nitrogens with one attached hydrogen (secondary N) is 2. The highest BCUT2D eigenvalue weighted by atomic mass is 35.5. The molecule has 2 aliphatic rings. The molecule has 1 saturated carbocycles. The predicted octanol–water partition coefficient (Wildman–Crippen LogP) is 4.33. The third-order valence-corrected chi connectivity index (χ3v) is 5.00. The summed E-state index contributed by atoms with van der Waals surface area (Å²) in [7, 11) is 1.85. The minimum Gasteiger partial charge on any atom is -0.361 e. The van der Waals surface area contributed by atoms with E-state index in [0.717, 1.165) is 41.5 Å². The van der Waals surface area contributed by atoms with Gasteiger partial charge in [0, 0.05) is 7.05 Å². The zero-order valence-electron chi connectivity index (χ0n) is 12.0. The molecule has 1 heterocycles. The number of rotatable bonds is 3. The van der Waals surface area contributed by atoms with Crippen LogP contribution in [0.25, 0.3) is 0 Å². The number of nitrogens with zero attached hydrogens (tertiary/aromatic N) is 1. The molecule has 1 aromatic rings. The Bertz CT molecular complexity index is 600. The van der Waals surface area contributed by atoms with Crippen LogP contribution in [0.4, 0.5) is 11.4 Å². The van der Waals surface area contributed by atoms with Crippen molar-refractivity contribution in [2.45, 2.75) is 38.0 Å².